The molecule has 2 aromatic heterocycles. The lowest BCUT2D eigenvalue weighted by Gasteiger charge is -2.32. The summed E-state index contributed by atoms with van der Waals surface area (Å²) in [6.07, 6.45) is 3.59. The average Bonchev–Trinajstić information content (AvgIpc) is 3.32. The number of nitrogens with zero attached hydrogens (tertiary/aromatic N) is 3. The van der Waals surface area contributed by atoms with Crippen molar-refractivity contribution >= 4 is 54.6 Å². The molecule has 0 bridgehead atoms. The Kier molecular flexibility index (Phi) is 5.58. The van der Waals surface area contributed by atoms with Gasteiger partial charge in [-0.25, -0.2) is 13.4 Å². The summed E-state index contributed by atoms with van der Waals surface area (Å²) in [4.78, 5) is 20.5. The number of rotatable bonds is 3. The number of amides is 1. The first-order valence-corrected chi connectivity index (χ1v) is 12.5. The lowest BCUT2D eigenvalue weighted by molar-refractivity contribution is 0.0758. The smallest absolute Gasteiger partial charge is 0.253 e. The maximum Gasteiger partial charge on any atom is 0.253 e. The third-order valence-corrected chi connectivity index (χ3v) is 9.45. The second kappa shape index (κ2) is 7.86. The minimum Gasteiger partial charge on any atom is -0.340 e. The third-order valence-electron chi connectivity index (χ3n) is 4.82. The van der Waals surface area contributed by atoms with Crippen LogP contribution in [0.2, 0.25) is 5.02 Å². The van der Waals surface area contributed by atoms with E-state index in [-0.39, 0.29) is 24.7 Å². The summed E-state index contributed by atoms with van der Waals surface area (Å²) in [5.74, 6) is -0.286. The molecule has 1 fully saturated rings. The second-order valence-corrected chi connectivity index (χ2v) is 11.5. The fraction of sp³-hybridized carbons (Fsp3) is 0.263. The minimum atomic E-state index is -3.35. The largest absolute Gasteiger partial charge is 0.340 e. The van der Waals surface area contributed by atoms with E-state index in [0.29, 0.717) is 15.1 Å². The van der Waals surface area contributed by atoms with Gasteiger partial charge in [0.15, 0.2) is 9.84 Å². The van der Waals surface area contributed by atoms with Gasteiger partial charge in [-0.2, -0.15) is 0 Å². The molecule has 0 saturated carbocycles. The van der Waals surface area contributed by atoms with Gasteiger partial charge in [-0.3, -0.25) is 4.79 Å². The molecule has 0 spiro atoms. The molecule has 0 N–H and O–H groups in total. The number of imidazole rings is 1. The zero-order chi connectivity index (χ0) is 20.8. The molecule has 1 unspecified atom stereocenters. The van der Waals surface area contributed by atoms with E-state index in [2.05, 4.69) is 20.9 Å². The van der Waals surface area contributed by atoms with Crippen molar-refractivity contribution in [2.24, 2.45) is 7.05 Å². The van der Waals surface area contributed by atoms with Crippen LogP contribution in [-0.4, -0.2) is 47.6 Å². The summed E-state index contributed by atoms with van der Waals surface area (Å²) >= 11 is 10.8. The van der Waals surface area contributed by atoms with Crippen LogP contribution < -0.4 is 0 Å². The van der Waals surface area contributed by atoms with E-state index in [1.165, 1.54) is 11.3 Å². The average molecular weight is 515 g/mol. The fourth-order valence-electron chi connectivity index (χ4n) is 3.25. The topological polar surface area (TPSA) is 72.3 Å². The highest BCUT2D eigenvalue weighted by Gasteiger charge is 2.37. The van der Waals surface area contributed by atoms with Gasteiger partial charge in [0.05, 0.1) is 27.7 Å². The van der Waals surface area contributed by atoms with Crippen molar-refractivity contribution in [3.05, 3.63) is 62.8 Å². The molecule has 0 aliphatic carbocycles. The molecule has 3 heterocycles. The first kappa shape index (κ1) is 20.6. The van der Waals surface area contributed by atoms with Gasteiger partial charge in [0, 0.05) is 41.2 Å². The molecule has 1 amide bonds. The Bertz CT molecular complexity index is 1190. The van der Waals surface area contributed by atoms with Gasteiger partial charge in [0.1, 0.15) is 5.25 Å². The monoisotopic (exact) mass is 513 g/mol. The fourth-order valence-corrected chi connectivity index (χ4v) is 6.80. The van der Waals surface area contributed by atoms with Crippen molar-refractivity contribution in [1.29, 1.82) is 0 Å². The molecule has 10 heteroatoms. The molecule has 0 radical (unpaired) electrons. The van der Waals surface area contributed by atoms with Gasteiger partial charge in [0.2, 0.25) is 0 Å². The first-order valence-electron chi connectivity index (χ1n) is 8.78. The lowest BCUT2D eigenvalue weighted by atomic mass is 10.2. The normalized spacial score (nSPS) is 18.7. The Morgan fingerprint density at radius 2 is 2.10 bits per heavy atom. The van der Waals surface area contributed by atoms with Gasteiger partial charge >= 0.3 is 0 Å². The molecule has 1 aromatic carbocycles. The minimum absolute atomic E-state index is 0.0650. The Balaban J connectivity index is 1.60. The van der Waals surface area contributed by atoms with Crippen LogP contribution in [0.3, 0.4) is 0 Å². The molecule has 1 aliphatic heterocycles. The number of aromatic nitrogens is 2. The van der Waals surface area contributed by atoms with E-state index in [1.807, 2.05) is 29.9 Å². The number of halogens is 2. The second-order valence-electron chi connectivity index (χ2n) is 6.86. The van der Waals surface area contributed by atoms with Crippen molar-refractivity contribution in [1.82, 2.24) is 14.5 Å². The molecule has 152 valence electrons. The van der Waals surface area contributed by atoms with Gasteiger partial charge in [-0.15, -0.1) is 11.3 Å². The van der Waals surface area contributed by atoms with Gasteiger partial charge in [0.25, 0.3) is 5.91 Å². The number of hydrogen-bond donors (Lipinski definition) is 0. The van der Waals surface area contributed by atoms with Crippen LogP contribution in [0.25, 0.3) is 10.6 Å². The molecule has 1 atom stereocenters. The van der Waals surface area contributed by atoms with Crippen LogP contribution in [0.15, 0.2) is 47.3 Å². The van der Waals surface area contributed by atoms with Crippen molar-refractivity contribution < 1.29 is 13.2 Å². The third kappa shape index (κ3) is 4.14. The number of sulfone groups is 1. The SMILES string of the molecule is Cn1cnc(-c2ccc(C3CN(C(=O)c4ccc(Br)c(Cl)c4)CCS3(=O)=O)s2)c1. The molecule has 6 nitrogen and oxygen atoms in total. The predicted octanol–water partition coefficient (Wildman–Crippen LogP) is 4.18. The highest BCUT2D eigenvalue weighted by atomic mass is 79.9. The van der Waals surface area contributed by atoms with Crippen molar-refractivity contribution in [2.45, 2.75) is 5.25 Å². The number of carbonyl (C=O) groups is 1. The summed E-state index contributed by atoms with van der Waals surface area (Å²) in [5.41, 5.74) is 1.24. The van der Waals surface area contributed by atoms with Crippen LogP contribution >= 0.6 is 38.9 Å². The van der Waals surface area contributed by atoms with Gasteiger partial charge in [-0.05, 0) is 46.3 Å². The zero-order valence-corrected chi connectivity index (χ0v) is 19.4. The molecular formula is C19H17BrClN3O3S2. The van der Waals surface area contributed by atoms with Gasteiger partial charge in [-0.1, -0.05) is 11.6 Å². The van der Waals surface area contributed by atoms with E-state index in [0.717, 1.165) is 15.4 Å². The molecular weight excluding hydrogens is 498 g/mol. The summed E-state index contributed by atoms with van der Waals surface area (Å²) < 4.78 is 28.1. The van der Waals surface area contributed by atoms with Crippen LogP contribution in [-0.2, 0) is 16.9 Å². The number of hydrogen-bond acceptors (Lipinski definition) is 5. The van der Waals surface area contributed by atoms with Crippen molar-refractivity contribution in [2.75, 3.05) is 18.8 Å². The highest BCUT2D eigenvalue weighted by molar-refractivity contribution is 9.10. The quantitative estimate of drug-likeness (QED) is 0.526. The molecule has 1 aliphatic rings. The van der Waals surface area contributed by atoms with E-state index in [4.69, 9.17) is 11.6 Å². The van der Waals surface area contributed by atoms with Crippen LogP contribution in [0.5, 0.6) is 0 Å². The summed E-state index contributed by atoms with van der Waals surface area (Å²) in [7, 11) is -1.46. The lowest BCUT2D eigenvalue weighted by Crippen LogP contribution is -2.45. The molecule has 4 rings (SSSR count). The van der Waals surface area contributed by atoms with Crippen molar-refractivity contribution in [3.63, 3.8) is 0 Å². The Morgan fingerprint density at radius 1 is 1.31 bits per heavy atom. The predicted molar refractivity (Wildman–Crippen MR) is 118 cm³/mol. The summed E-state index contributed by atoms with van der Waals surface area (Å²) in [6.45, 7) is 0.293. The number of aryl methyl sites for hydroxylation is 1. The van der Waals surface area contributed by atoms with Gasteiger partial charge < -0.3 is 9.47 Å². The first-order chi connectivity index (χ1) is 13.7. The Hall–Kier alpha value is -1.68. The number of thiophene rings is 1. The van der Waals surface area contributed by atoms with Crippen LogP contribution in [0, 0.1) is 0 Å². The molecule has 1 saturated heterocycles. The molecule has 3 aromatic rings. The van der Waals surface area contributed by atoms with E-state index in [1.54, 1.807) is 29.4 Å². The van der Waals surface area contributed by atoms with Crippen LogP contribution in [0.4, 0.5) is 0 Å². The molecule has 29 heavy (non-hydrogen) atoms. The maximum absolute atomic E-state index is 12.9. The number of benzene rings is 1. The summed E-state index contributed by atoms with van der Waals surface area (Å²) in [6, 6.07) is 8.69. The zero-order valence-electron chi connectivity index (χ0n) is 15.4. The maximum atomic E-state index is 12.9. The summed E-state index contributed by atoms with van der Waals surface area (Å²) in [5, 5.41) is -0.302. The van der Waals surface area contributed by atoms with E-state index < -0.39 is 15.1 Å². The number of carbonyl (C=O) groups excluding carboxylic acids is 1. The van der Waals surface area contributed by atoms with Crippen molar-refractivity contribution in [3.8, 4) is 10.6 Å². The van der Waals surface area contributed by atoms with E-state index in [9.17, 15) is 13.2 Å². The van der Waals surface area contributed by atoms with Crippen LogP contribution in [0.1, 0.15) is 20.5 Å². The Labute approximate surface area is 186 Å². The van der Waals surface area contributed by atoms with E-state index >= 15 is 0 Å². The Morgan fingerprint density at radius 3 is 2.79 bits per heavy atom. The highest BCUT2D eigenvalue weighted by Crippen LogP contribution is 2.37. The standard InChI is InChI=1S/C19H17BrClN3O3S2/c1-23-9-15(22-11-23)16-4-5-17(28-16)18-10-24(6-7-29(18,26)27)19(25)12-2-3-13(20)14(21)8-12/h2-5,8-9,11,18H,6-7,10H2,1H3.